The molecular formula is C22H18F4N6O. The van der Waals surface area contributed by atoms with E-state index in [1.54, 1.807) is 11.6 Å². The van der Waals surface area contributed by atoms with Gasteiger partial charge in [-0.3, -0.25) is 14.8 Å². The van der Waals surface area contributed by atoms with Crippen LogP contribution in [0.15, 0.2) is 41.5 Å². The zero-order valence-electron chi connectivity index (χ0n) is 17.4. The molecule has 1 fully saturated rings. The molecule has 5 rings (SSSR count). The molecule has 0 saturated heterocycles. The van der Waals surface area contributed by atoms with Crippen molar-refractivity contribution < 1.29 is 17.6 Å². The second-order valence-corrected chi connectivity index (χ2v) is 8.11. The number of aromatic amines is 1. The van der Waals surface area contributed by atoms with Gasteiger partial charge in [-0.2, -0.15) is 18.3 Å². The van der Waals surface area contributed by atoms with Gasteiger partial charge in [-0.05, 0) is 43.5 Å². The highest BCUT2D eigenvalue weighted by Crippen LogP contribution is 2.42. The molecule has 0 aromatic carbocycles. The van der Waals surface area contributed by atoms with E-state index in [0.717, 1.165) is 31.3 Å². The van der Waals surface area contributed by atoms with Crippen molar-refractivity contribution in [1.82, 2.24) is 29.7 Å². The van der Waals surface area contributed by atoms with Crippen molar-refractivity contribution in [2.24, 2.45) is 0 Å². The number of H-pyrrole nitrogens is 1. The molecule has 0 spiro atoms. The molecule has 1 N–H and O–H groups in total. The van der Waals surface area contributed by atoms with Gasteiger partial charge in [-0.15, -0.1) is 0 Å². The molecule has 11 heteroatoms. The first-order chi connectivity index (χ1) is 15.7. The smallest absolute Gasteiger partial charge is 0.310 e. The van der Waals surface area contributed by atoms with Gasteiger partial charge in [-0.1, -0.05) is 6.07 Å². The molecule has 33 heavy (non-hydrogen) atoms. The lowest BCUT2D eigenvalue weighted by molar-refractivity contribution is -0.141. The Bertz CT molecular complexity index is 1370. The molecule has 4 aromatic heterocycles. The Morgan fingerprint density at radius 1 is 1.15 bits per heavy atom. The van der Waals surface area contributed by atoms with E-state index in [4.69, 9.17) is 0 Å². The maximum absolute atomic E-state index is 13.2. The third-order valence-corrected chi connectivity index (χ3v) is 5.67. The molecule has 0 amide bonds. The highest BCUT2D eigenvalue weighted by atomic mass is 19.4. The number of pyridine rings is 2. The van der Waals surface area contributed by atoms with Gasteiger partial charge < -0.3 is 4.98 Å². The Kier molecular flexibility index (Phi) is 4.98. The summed E-state index contributed by atoms with van der Waals surface area (Å²) in [6.45, 7) is 1.76. The second-order valence-electron chi connectivity index (χ2n) is 8.11. The van der Waals surface area contributed by atoms with Gasteiger partial charge >= 0.3 is 6.18 Å². The van der Waals surface area contributed by atoms with Crippen LogP contribution in [0.2, 0.25) is 0 Å². The van der Waals surface area contributed by atoms with Crippen molar-refractivity contribution in [3.8, 4) is 0 Å². The number of alkyl halides is 3. The van der Waals surface area contributed by atoms with E-state index in [2.05, 4.69) is 25.0 Å². The Balaban J connectivity index is 1.58. The van der Waals surface area contributed by atoms with Crippen LogP contribution in [0.25, 0.3) is 11.0 Å². The van der Waals surface area contributed by atoms with Gasteiger partial charge in [0.15, 0.2) is 5.65 Å². The summed E-state index contributed by atoms with van der Waals surface area (Å²) < 4.78 is 53.4. The van der Waals surface area contributed by atoms with E-state index in [1.807, 2.05) is 0 Å². The minimum Gasteiger partial charge on any atom is -0.310 e. The molecule has 1 saturated carbocycles. The lowest BCUT2D eigenvalue weighted by atomic mass is 10.1. The maximum atomic E-state index is 13.2. The fourth-order valence-electron chi connectivity index (χ4n) is 3.76. The molecular weight excluding hydrogens is 440 g/mol. The van der Waals surface area contributed by atoms with E-state index < -0.39 is 23.7 Å². The average molecular weight is 458 g/mol. The standard InChI is InChI=1S/C22H18F4N6O/c1-11(13-4-7-16(28-9-13)22(24,25)26)32-20-18(19(31-32)12-2-3-12)21(33)30-17(29-20)8-15-6-5-14(23)10-27-15/h4-7,9-12H,2-3,8H2,1H3,(H,29,30,33)/t11-/m1/s1. The SMILES string of the molecule is C[C@H](c1ccc(C(F)(F)F)nc1)n1nc(C2CC2)c2c(=O)[nH]c(Cc3ccc(F)cn3)nc21. The molecule has 0 bridgehead atoms. The van der Waals surface area contributed by atoms with Crippen LogP contribution in [-0.4, -0.2) is 29.7 Å². The number of hydrogen-bond acceptors (Lipinski definition) is 5. The topological polar surface area (TPSA) is 89.4 Å². The molecule has 4 aromatic rings. The van der Waals surface area contributed by atoms with Crippen LogP contribution in [-0.2, 0) is 12.6 Å². The molecule has 0 aliphatic heterocycles. The number of fused-ring (bicyclic) bond motifs is 1. The first-order valence-corrected chi connectivity index (χ1v) is 10.4. The summed E-state index contributed by atoms with van der Waals surface area (Å²) in [6.07, 6.45) is -0.301. The molecule has 170 valence electrons. The van der Waals surface area contributed by atoms with Crippen molar-refractivity contribution in [3.05, 3.63) is 81.3 Å². The van der Waals surface area contributed by atoms with Crippen molar-refractivity contribution in [2.45, 2.75) is 44.3 Å². The first-order valence-electron chi connectivity index (χ1n) is 10.4. The van der Waals surface area contributed by atoms with Crippen LogP contribution in [0.5, 0.6) is 0 Å². The third kappa shape index (κ3) is 4.10. The lowest BCUT2D eigenvalue weighted by Crippen LogP contribution is -2.16. The Morgan fingerprint density at radius 2 is 1.94 bits per heavy atom. The van der Waals surface area contributed by atoms with Gasteiger partial charge in [0.1, 0.15) is 22.7 Å². The van der Waals surface area contributed by atoms with Gasteiger partial charge in [0.2, 0.25) is 0 Å². The molecule has 0 radical (unpaired) electrons. The second kappa shape index (κ2) is 7.75. The fraction of sp³-hybridized carbons (Fsp3) is 0.318. The monoisotopic (exact) mass is 458 g/mol. The van der Waals surface area contributed by atoms with Crippen LogP contribution in [0.3, 0.4) is 0 Å². The average Bonchev–Trinajstić information content (AvgIpc) is 3.55. The normalized spacial score (nSPS) is 15.2. The van der Waals surface area contributed by atoms with Crippen LogP contribution < -0.4 is 5.56 Å². The van der Waals surface area contributed by atoms with Crippen molar-refractivity contribution >= 4 is 11.0 Å². The van der Waals surface area contributed by atoms with Crippen molar-refractivity contribution in [1.29, 1.82) is 0 Å². The summed E-state index contributed by atoms with van der Waals surface area (Å²) in [5, 5.41) is 5.01. The highest BCUT2D eigenvalue weighted by molar-refractivity contribution is 5.78. The van der Waals surface area contributed by atoms with E-state index in [1.165, 1.54) is 18.2 Å². The summed E-state index contributed by atoms with van der Waals surface area (Å²) in [5.74, 6) is 0.00817. The Labute approximate surface area is 184 Å². The molecule has 1 aliphatic carbocycles. The number of halogens is 4. The zero-order valence-corrected chi connectivity index (χ0v) is 17.4. The van der Waals surface area contributed by atoms with Gasteiger partial charge in [0.25, 0.3) is 5.56 Å². The van der Waals surface area contributed by atoms with E-state index in [0.29, 0.717) is 33.8 Å². The van der Waals surface area contributed by atoms with Crippen LogP contribution in [0.1, 0.15) is 60.2 Å². The maximum Gasteiger partial charge on any atom is 0.433 e. The van der Waals surface area contributed by atoms with Gasteiger partial charge in [0, 0.05) is 24.2 Å². The molecule has 7 nitrogen and oxygen atoms in total. The minimum atomic E-state index is -4.53. The van der Waals surface area contributed by atoms with Crippen LogP contribution in [0, 0.1) is 5.82 Å². The number of aromatic nitrogens is 6. The predicted octanol–water partition coefficient (Wildman–Crippen LogP) is 4.15. The number of nitrogens with zero attached hydrogens (tertiary/aromatic N) is 5. The van der Waals surface area contributed by atoms with E-state index in [-0.39, 0.29) is 17.9 Å². The predicted molar refractivity (Wildman–Crippen MR) is 110 cm³/mol. The largest absolute Gasteiger partial charge is 0.433 e. The summed E-state index contributed by atoms with van der Waals surface area (Å²) in [4.78, 5) is 27.9. The lowest BCUT2D eigenvalue weighted by Gasteiger charge is -2.14. The first kappa shape index (κ1) is 21.2. The Hall–Kier alpha value is -3.63. The fourth-order valence-corrected chi connectivity index (χ4v) is 3.76. The van der Waals surface area contributed by atoms with Gasteiger partial charge in [0.05, 0.1) is 17.9 Å². The van der Waals surface area contributed by atoms with Crippen LogP contribution in [0.4, 0.5) is 17.6 Å². The summed E-state index contributed by atoms with van der Waals surface area (Å²) in [7, 11) is 0. The quantitative estimate of drug-likeness (QED) is 0.454. The minimum absolute atomic E-state index is 0.152. The number of nitrogens with one attached hydrogen (secondary N) is 1. The summed E-state index contributed by atoms with van der Waals surface area (Å²) in [5.41, 5.74) is 0.669. The summed E-state index contributed by atoms with van der Waals surface area (Å²) >= 11 is 0. The van der Waals surface area contributed by atoms with E-state index in [9.17, 15) is 22.4 Å². The Morgan fingerprint density at radius 3 is 2.55 bits per heavy atom. The summed E-state index contributed by atoms with van der Waals surface area (Å²) in [6, 6.07) is 4.53. The molecule has 1 aliphatic rings. The molecule has 4 heterocycles. The van der Waals surface area contributed by atoms with Crippen LogP contribution >= 0.6 is 0 Å². The van der Waals surface area contributed by atoms with Gasteiger partial charge in [-0.25, -0.2) is 14.1 Å². The van der Waals surface area contributed by atoms with Crippen molar-refractivity contribution in [3.63, 3.8) is 0 Å². The molecule has 0 unspecified atom stereocenters. The highest BCUT2D eigenvalue weighted by Gasteiger charge is 2.34. The van der Waals surface area contributed by atoms with Crippen molar-refractivity contribution in [2.75, 3.05) is 0 Å². The molecule has 1 atom stereocenters. The van der Waals surface area contributed by atoms with E-state index >= 15 is 0 Å². The number of hydrogen-bond donors (Lipinski definition) is 1. The third-order valence-electron chi connectivity index (χ3n) is 5.67. The zero-order chi connectivity index (χ0) is 23.3. The number of rotatable bonds is 5.